The summed E-state index contributed by atoms with van der Waals surface area (Å²) in [7, 11) is 0. The van der Waals surface area contributed by atoms with E-state index >= 15 is 0 Å². The van der Waals surface area contributed by atoms with E-state index in [-0.39, 0.29) is 17.8 Å². The van der Waals surface area contributed by atoms with Gasteiger partial charge in [-0.3, -0.25) is 9.36 Å². The van der Waals surface area contributed by atoms with E-state index in [1.165, 1.54) is 18.3 Å². The van der Waals surface area contributed by atoms with Crippen LogP contribution in [0.15, 0.2) is 54.7 Å². The molecule has 1 aromatic heterocycles. The molecule has 0 bridgehead atoms. The van der Waals surface area contributed by atoms with Gasteiger partial charge in [0.15, 0.2) is 4.77 Å². The Bertz CT molecular complexity index is 965. The molecular weight excluding hydrogens is 361 g/mol. The summed E-state index contributed by atoms with van der Waals surface area (Å²) in [5, 5.41) is 3.52. The van der Waals surface area contributed by atoms with Crippen molar-refractivity contribution in [1.29, 1.82) is 0 Å². The Morgan fingerprint density at radius 1 is 1.28 bits per heavy atom. The van der Waals surface area contributed by atoms with Crippen molar-refractivity contribution < 1.29 is 9.18 Å². The summed E-state index contributed by atoms with van der Waals surface area (Å²) in [6, 6.07) is 12.8. The molecule has 0 aliphatic heterocycles. The van der Waals surface area contributed by atoms with Crippen LogP contribution in [0.2, 0.25) is 5.02 Å². The molecule has 1 unspecified atom stereocenters. The molecule has 1 heterocycles. The van der Waals surface area contributed by atoms with Gasteiger partial charge in [0.1, 0.15) is 11.5 Å². The Labute approximate surface area is 154 Å². The van der Waals surface area contributed by atoms with Crippen molar-refractivity contribution in [1.82, 2.24) is 14.9 Å². The number of rotatable bonds is 4. The Kier molecular flexibility index (Phi) is 5.01. The molecule has 25 heavy (non-hydrogen) atoms. The quantitative estimate of drug-likeness (QED) is 0.642. The largest absolute Gasteiger partial charge is 0.344 e. The topological polar surface area (TPSA) is 49.8 Å². The summed E-state index contributed by atoms with van der Waals surface area (Å²) in [5.41, 5.74) is 1.84. The lowest BCUT2D eigenvalue weighted by Crippen LogP contribution is -2.28. The predicted molar refractivity (Wildman–Crippen MR) is 98.2 cm³/mol. The fraction of sp³-hybridized carbons (Fsp3) is 0.111. The van der Waals surface area contributed by atoms with E-state index in [1.54, 1.807) is 28.8 Å². The second-order valence-electron chi connectivity index (χ2n) is 5.54. The number of hydrogen-bond acceptors (Lipinski definition) is 2. The number of carbonyl (C=O) groups excluding carboxylic acids is 1. The van der Waals surface area contributed by atoms with Crippen molar-refractivity contribution >= 4 is 29.7 Å². The minimum Gasteiger partial charge on any atom is -0.344 e. The van der Waals surface area contributed by atoms with Gasteiger partial charge in [0.25, 0.3) is 5.91 Å². The van der Waals surface area contributed by atoms with Gasteiger partial charge in [0.05, 0.1) is 6.04 Å². The first kappa shape index (κ1) is 17.4. The molecule has 0 radical (unpaired) electrons. The number of nitrogens with one attached hydrogen (secondary N) is 2. The summed E-state index contributed by atoms with van der Waals surface area (Å²) in [6.07, 6.45) is 1.53. The summed E-state index contributed by atoms with van der Waals surface area (Å²) in [4.78, 5) is 15.5. The second-order valence-corrected chi connectivity index (χ2v) is 6.36. The normalized spacial score (nSPS) is 12.0. The average Bonchev–Trinajstić information content (AvgIpc) is 2.97. The summed E-state index contributed by atoms with van der Waals surface area (Å²) in [6.45, 7) is 1.87. The van der Waals surface area contributed by atoms with Crippen LogP contribution in [0.25, 0.3) is 5.69 Å². The molecule has 0 saturated carbocycles. The first-order valence-corrected chi connectivity index (χ1v) is 8.37. The van der Waals surface area contributed by atoms with Crippen molar-refractivity contribution in [3.63, 3.8) is 0 Å². The van der Waals surface area contributed by atoms with E-state index in [1.807, 2.05) is 19.1 Å². The third kappa shape index (κ3) is 3.81. The fourth-order valence-electron chi connectivity index (χ4n) is 2.51. The number of H-pyrrole nitrogens is 1. The Balaban J connectivity index is 1.88. The molecule has 0 spiro atoms. The number of hydrogen-bond donors (Lipinski definition) is 2. The van der Waals surface area contributed by atoms with E-state index in [2.05, 4.69) is 10.3 Å². The average molecular weight is 376 g/mol. The molecule has 7 heteroatoms. The molecule has 1 atom stereocenters. The van der Waals surface area contributed by atoms with Crippen LogP contribution in [-0.4, -0.2) is 15.5 Å². The molecule has 0 saturated heterocycles. The number of nitrogens with zero attached hydrogens (tertiary/aromatic N) is 1. The molecule has 3 rings (SSSR count). The lowest BCUT2D eigenvalue weighted by atomic mass is 10.1. The number of carbonyl (C=O) groups is 1. The zero-order valence-electron chi connectivity index (χ0n) is 13.3. The summed E-state index contributed by atoms with van der Waals surface area (Å²) >= 11 is 11.2. The standard InChI is InChI=1S/C18H15ClFN3OS/c1-11(12-3-2-4-13(19)9-12)22-17(24)16-10-21-18(25)23(16)15-7-5-14(20)6-8-15/h2-11H,1H3,(H,21,25)(H,22,24). The number of amides is 1. The molecular formula is C18H15ClFN3OS. The zero-order valence-corrected chi connectivity index (χ0v) is 14.9. The maximum atomic E-state index is 13.1. The minimum absolute atomic E-state index is 0.240. The van der Waals surface area contributed by atoms with Gasteiger partial charge in [0, 0.05) is 16.9 Å². The molecule has 1 amide bonds. The molecule has 128 valence electrons. The molecule has 2 aromatic carbocycles. The minimum atomic E-state index is -0.355. The monoisotopic (exact) mass is 375 g/mol. The molecule has 4 nitrogen and oxygen atoms in total. The first-order chi connectivity index (χ1) is 12.0. The van der Waals surface area contributed by atoms with Gasteiger partial charge in [-0.2, -0.15) is 0 Å². The molecule has 2 N–H and O–H groups in total. The van der Waals surface area contributed by atoms with Crippen LogP contribution in [0.4, 0.5) is 4.39 Å². The number of imidazole rings is 1. The Morgan fingerprint density at radius 3 is 2.68 bits per heavy atom. The SMILES string of the molecule is CC(NC(=O)c1c[nH]c(=S)n1-c1ccc(F)cc1)c1cccc(Cl)c1. The molecule has 3 aromatic rings. The van der Waals surface area contributed by atoms with Crippen LogP contribution in [0.3, 0.4) is 0 Å². The molecule has 0 aliphatic rings. The van der Waals surface area contributed by atoms with Crippen molar-refractivity contribution in [3.05, 3.63) is 81.6 Å². The third-order valence-corrected chi connectivity index (χ3v) is 4.33. The van der Waals surface area contributed by atoms with Crippen LogP contribution >= 0.6 is 23.8 Å². The van der Waals surface area contributed by atoms with Gasteiger partial charge >= 0.3 is 0 Å². The lowest BCUT2D eigenvalue weighted by molar-refractivity contribution is 0.0933. The van der Waals surface area contributed by atoms with E-state index in [0.717, 1.165) is 5.56 Å². The van der Waals surface area contributed by atoms with Crippen LogP contribution in [0.5, 0.6) is 0 Å². The van der Waals surface area contributed by atoms with Gasteiger partial charge < -0.3 is 10.3 Å². The van der Waals surface area contributed by atoms with Crippen molar-refractivity contribution in [3.8, 4) is 5.69 Å². The van der Waals surface area contributed by atoms with Gasteiger partial charge in [-0.25, -0.2) is 4.39 Å². The van der Waals surface area contributed by atoms with E-state index in [9.17, 15) is 9.18 Å². The van der Waals surface area contributed by atoms with Crippen molar-refractivity contribution in [2.24, 2.45) is 0 Å². The molecule has 0 fully saturated rings. The van der Waals surface area contributed by atoms with Gasteiger partial charge in [-0.1, -0.05) is 23.7 Å². The Morgan fingerprint density at radius 2 is 2.00 bits per heavy atom. The highest BCUT2D eigenvalue weighted by atomic mass is 35.5. The van der Waals surface area contributed by atoms with Crippen LogP contribution in [0, 0.1) is 10.6 Å². The first-order valence-electron chi connectivity index (χ1n) is 7.58. The van der Waals surface area contributed by atoms with E-state index in [0.29, 0.717) is 21.2 Å². The van der Waals surface area contributed by atoms with Gasteiger partial charge in [0.2, 0.25) is 0 Å². The summed E-state index contributed by atoms with van der Waals surface area (Å²) in [5.74, 6) is -0.657. The third-order valence-electron chi connectivity index (χ3n) is 3.79. The smallest absolute Gasteiger partial charge is 0.270 e. The Hall–Kier alpha value is -2.44. The van der Waals surface area contributed by atoms with Gasteiger partial charge in [-0.05, 0) is 61.1 Å². The van der Waals surface area contributed by atoms with Crippen LogP contribution in [-0.2, 0) is 0 Å². The van der Waals surface area contributed by atoms with E-state index in [4.69, 9.17) is 23.8 Å². The predicted octanol–water partition coefficient (Wildman–Crippen LogP) is 4.82. The van der Waals surface area contributed by atoms with Crippen molar-refractivity contribution in [2.45, 2.75) is 13.0 Å². The van der Waals surface area contributed by atoms with Crippen molar-refractivity contribution in [2.75, 3.05) is 0 Å². The highest BCUT2D eigenvalue weighted by Crippen LogP contribution is 2.19. The highest BCUT2D eigenvalue weighted by molar-refractivity contribution is 7.71. The number of aromatic nitrogens is 2. The van der Waals surface area contributed by atoms with E-state index < -0.39 is 0 Å². The second kappa shape index (κ2) is 7.21. The lowest BCUT2D eigenvalue weighted by Gasteiger charge is -2.15. The number of aromatic amines is 1. The van der Waals surface area contributed by atoms with Gasteiger partial charge in [-0.15, -0.1) is 0 Å². The molecule has 0 aliphatic carbocycles. The fourth-order valence-corrected chi connectivity index (χ4v) is 2.97. The maximum Gasteiger partial charge on any atom is 0.270 e. The van der Waals surface area contributed by atoms with Crippen LogP contribution < -0.4 is 5.32 Å². The summed E-state index contributed by atoms with van der Waals surface area (Å²) < 4.78 is 15.1. The number of halogens is 2. The number of benzene rings is 2. The van der Waals surface area contributed by atoms with Crippen LogP contribution in [0.1, 0.15) is 29.0 Å². The highest BCUT2D eigenvalue weighted by Gasteiger charge is 2.17. The maximum absolute atomic E-state index is 13.1. The zero-order chi connectivity index (χ0) is 18.0.